The fourth-order valence-corrected chi connectivity index (χ4v) is 2.44. The zero-order chi connectivity index (χ0) is 9.97. The third kappa shape index (κ3) is 1.87. The van der Waals surface area contributed by atoms with Crippen molar-refractivity contribution < 1.29 is 4.74 Å². The molecule has 1 fully saturated rings. The smallest absolute Gasteiger partial charge is 0.120 e. The highest BCUT2D eigenvalue weighted by atomic mass is 79.9. The maximum Gasteiger partial charge on any atom is 0.120 e. The van der Waals surface area contributed by atoms with Crippen LogP contribution in [0.5, 0.6) is 5.75 Å². The molecule has 0 aliphatic carbocycles. The molecule has 0 unspecified atom stereocenters. The van der Waals surface area contributed by atoms with Gasteiger partial charge >= 0.3 is 0 Å². The molecular weight excluding hydrogens is 242 g/mol. The van der Waals surface area contributed by atoms with Crippen LogP contribution in [0.4, 0.5) is 5.69 Å². The van der Waals surface area contributed by atoms with Crippen LogP contribution in [-0.2, 0) is 0 Å². The molecule has 0 bridgehead atoms. The second-order valence-corrected chi connectivity index (χ2v) is 4.37. The third-order valence-electron chi connectivity index (χ3n) is 2.60. The molecule has 0 N–H and O–H groups in total. The molecule has 0 atom stereocenters. The minimum absolute atomic E-state index is 0.903. The van der Waals surface area contributed by atoms with Crippen LogP contribution < -0.4 is 9.64 Å². The van der Waals surface area contributed by atoms with Gasteiger partial charge in [-0.1, -0.05) is 0 Å². The van der Waals surface area contributed by atoms with Crippen LogP contribution in [0, 0.1) is 0 Å². The molecule has 0 spiro atoms. The summed E-state index contributed by atoms with van der Waals surface area (Å²) in [6.45, 7) is 2.34. The fourth-order valence-electron chi connectivity index (χ4n) is 1.83. The van der Waals surface area contributed by atoms with Gasteiger partial charge in [-0.05, 0) is 47.0 Å². The predicted molar refractivity (Wildman–Crippen MR) is 62.1 cm³/mol. The van der Waals surface area contributed by atoms with E-state index < -0.39 is 0 Å². The molecular formula is C11H14BrNO. The summed E-state index contributed by atoms with van der Waals surface area (Å²) in [5.41, 5.74) is 1.28. The van der Waals surface area contributed by atoms with Crippen molar-refractivity contribution in [2.24, 2.45) is 0 Å². The summed E-state index contributed by atoms with van der Waals surface area (Å²) in [5, 5.41) is 0. The van der Waals surface area contributed by atoms with Gasteiger partial charge in [-0.2, -0.15) is 0 Å². The van der Waals surface area contributed by atoms with E-state index in [9.17, 15) is 0 Å². The standard InChI is InChI=1S/C11H14BrNO/c1-14-9-4-5-11(10(12)8-9)13-6-2-3-7-13/h4-5,8H,2-3,6-7H2,1H3. The number of anilines is 1. The lowest BCUT2D eigenvalue weighted by atomic mass is 10.3. The summed E-state index contributed by atoms with van der Waals surface area (Å²) in [7, 11) is 1.69. The van der Waals surface area contributed by atoms with Crippen molar-refractivity contribution in [3.63, 3.8) is 0 Å². The quantitative estimate of drug-likeness (QED) is 0.806. The molecule has 0 aromatic heterocycles. The maximum atomic E-state index is 5.16. The van der Waals surface area contributed by atoms with Crippen molar-refractivity contribution in [2.75, 3.05) is 25.1 Å². The molecule has 1 aromatic carbocycles. The molecule has 0 saturated carbocycles. The molecule has 76 valence electrons. The van der Waals surface area contributed by atoms with Crippen molar-refractivity contribution in [2.45, 2.75) is 12.8 Å². The summed E-state index contributed by atoms with van der Waals surface area (Å²) < 4.78 is 6.29. The lowest BCUT2D eigenvalue weighted by Crippen LogP contribution is -2.17. The molecule has 3 heteroatoms. The first-order chi connectivity index (χ1) is 6.81. The maximum absolute atomic E-state index is 5.16. The number of nitrogens with zero attached hydrogens (tertiary/aromatic N) is 1. The lowest BCUT2D eigenvalue weighted by molar-refractivity contribution is 0.414. The van der Waals surface area contributed by atoms with Crippen LogP contribution in [-0.4, -0.2) is 20.2 Å². The van der Waals surface area contributed by atoms with E-state index in [2.05, 4.69) is 26.9 Å². The predicted octanol–water partition coefficient (Wildman–Crippen LogP) is 3.06. The highest BCUT2D eigenvalue weighted by Gasteiger charge is 2.14. The van der Waals surface area contributed by atoms with Crippen LogP contribution in [0.3, 0.4) is 0 Å². The molecule has 1 aromatic rings. The van der Waals surface area contributed by atoms with Gasteiger partial charge in [0.1, 0.15) is 5.75 Å². The molecule has 0 radical (unpaired) electrons. The van der Waals surface area contributed by atoms with Crippen LogP contribution in [0.25, 0.3) is 0 Å². The number of methoxy groups -OCH3 is 1. The van der Waals surface area contributed by atoms with E-state index in [1.54, 1.807) is 7.11 Å². The van der Waals surface area contributed by atoms with Crippen LogP contribution in [0.2, 0.25) is 0 Å². The first-order valence-corrected chi connectivity index (χ1v) is 5.69. The summed E-state index contributed by atoms with van der Waals surface area (Å²) in [5.74, 6) is 0.903. The van der Waals surface area contributed by atoms with Gasteiger partial charge in [0.25, 0.3) is 0 Å². The Kier molecular flexibility index (Phi) is 2.96. The summed E-state index contributed by atoms with van der Waals surface area (Å²) >= 11 is 3.58. The van der Waals surface area contributed by atoms with Gasteiger partial charge in [0, 0.05) is 17.6 Å². The lowest BCUT2D eigenvalue weighted by Gasteiger charge is -2.19. The average Bonchev–Trinajstić information content (AvgIpc) is 2.70. The van der Waals surface area contributed by atoms with Crippen LogP contribution >= 0.6 is 15.9 Å². The zero-order valence-electron chi connectivity index (χ0n) is 8.29. The van der Waals surface area contributed by atoms with Crippen molar-refractivity contribution in [3.8, 4) is 5.75 Å². The number of halogens is 1. The molecule has 1 saturated heterocycles. The molecule has 0 amide bonds. The van der Waals surface area contributed by atoms with Gasteiger partial charge < -0.3 is 9.64 Å². The molecule has 14 heavy (non-hydrogen) atoms. The van der Waals surface area contributed by atoms with E-state index in [0.717, 1.165) is 10.2 Å². The summed E-state index contributed by atoms with van der Waals surface area (Å²) in [6, 6.07) is 6.15. The monoisotopic (exact) mass is 255 g/mol. The van der Waals surface area contributed by atoms with Crippen molar-refractivity contribution in [1.29, 1.82) is 0 Å². The van der Waals surface area contributed by atoms with Gasteiger partial charge in [0.05, 0.1) is 12.8 Å². The second-order valence-electron chi connectivity index (χ2n) is 3.51. The van der Waals surface area contributed by atoms with E-state index in [-0.39, 0.29) is 0 Å². The summed E-state index contributed by atoms with van der Waals surface area (Å²) in [6.07, 6.45) is 2.61. The Balaban J connectivity index is 2.25. The molecule has 2 rings (SSSR count). The van der Waals surface area contributed by atoms with E-state index >= 15 is 0 Å². The topological polar surface area (TPSA) is 12.5 Å². The molecule has 2 nitrogen and oxygen atoms in total. The first kappa shape index (κ1) is 9.84. The van der Waals surface area contributed by atoms with Crippen LogP contribution in [0.1, 0.15) is 12.8 Å². The van der Waals surface area contributed by atoms with Gasteiger partial charge in [-0.25, -0.2) is 0 Å². The minimum atomic E-state index is 0.903. The van der Waals surface area contributed by atoms with Gasteiger partial charge in [-0.3, -0.25) is 0 Å². The summed E-state index contributed by atoms with van der Waals surface area (Å²) in [4.78, 5) is 2.41. The second kappa shape index (κ2) is 4.22. The van der Waals surface area contributed by atoms with Crippen molar-refractivity contribution >= 4 is 21.6 Å². The molecule has 1 aliphatic heterocycles. The Labute approximate surface area is 93.0 Å². The highest BCUT2D eigenvalue weighted by molar-refractivity contribution is 9.10. The van der Waals surface area contributed by atoms with Crippen molar-refractivity contribution in [1.82, 2.24) is 0 Å². The van der Waals surface area contributed by atoms with E-state index in [4.69, 9.17) is 4.74 Å². The third-order valence-corrected chi connectivity index (χ3v) is 3.24. The average molecular weight is 256 g/mol. The Morgan fingerprint density at radius 1 is 1.29 bits per heavy atom. The van der Waals surface area contributed by atoms with Crippen molar-refractivity contribution in [3.05, 3.63) is 22.7 Å². The van der Waals surface area contributed by atoms with Gasteiger partial charge in [0.2, 0.25) is 0 Å². The van der Waals surface area contributed by atoms with E-state index in [1.807, 2.05) is 12.1 Å². The Morgan fingerprint density at radius 3 is 2.57 bits per heavy atom. The number of hydrogen-bond acceptors (Lipinski definition) is 2. The fraction of sp³-hybridized carbons (Fsp3) is 0.455. The SMILES string of the molecule is COc1ccc(N2CCCC2)c(Br)c1. The first-order valence-electron chi connectivity index (χ1n) is 4.90. The minimum Gasteiger partial charge on any atom is -0.497 e. The molecule has 1 aliphatic rings. The Morgan fingerprint density at radius 2 is 2.00 bits per heavy atom. The Bertz CT molecular complexity index is 321. The van der Waals surface area contributed by atoms with Gasteiger partial charge in [0.15, 0.2) is 0 Å². The number of ether oxygens (including phenoxy) is 1. The zero-order valence-corrected chi connectivity index (χ0v) is 9.88. The largest absolute Gasteiger partial charge is 0.497 e. The van der Waals surface area contributed by atoms with Gasteiger partial charge in [-0.15, -0.1) is 0 Å². The number of hydrogen-bond donors (Lipinski definition) is 0. The van der Waals surface area contributed by atoms with Crippen LogP contribution in [0.15, 0.2) is 22.7 Å². The van der Waals surface area contributed by atoms with E-state index in [1.165, 1.54) is 31.6 Å². The van der Waals surface area contributed by atoms with E-state index in [0.29, 0.717) is 0 Å². The highest BCUT2D eigenvalue weighted by Crippen LogP contribution is 2.31. The Hall–Kier alpha value is -0.700. The number of benzene rings is 1. The normalized spacial score (nSPS) is 16.0. The molecule has 1 heterocycles. The number of rotatable bonds is 2.